The fourth-order valence-electron chi connectivity index (χ4n) is 0.487. The van der Waals surface area contributed by atoms with Crippen LogP contribution in [-0.4, -0.2) is 11.3 Å². The molecule has 0 spiro atoms. The molecular weight excluding hydrogens is 126 g/mol. The third-order valence-corrected chi connectivity index (χ3v) is 1.49. The Morgan fingerprint density at radius 3 is 2.00 bits per heavy atom. The normalized spacial score (nSPS) is 21.2. The molecular formula is C5H10ClNO. The van der Waals surface area contributed by atoms with Gasteiger partial charge in [0.05, 0.1) is 5.54 Å². The number of Topliss-reactive ketones (excluding diaryl/α,β-unsaturated/α-hetero) is 1. The number of rotatable bonds is 1. The van der Waals surface area contributed by atoms with Crippen LogP contribution in [0.5, 0.6) is 0 Å². The van der Waals surface area contributed by atoms with Gasteiger partial charge >= 0.3 is 0 Å². The maximum Gasteiger partial charge on any atom is 0.149 e. The van der Waals surface area contributed by atoms with Crippen molar-refractivity contribution in [3.63, 3.8) is 0 Å². The van der Waals surface area contributed by atoms with E-state index in [1.54, 1.807) is 6.92 Å². The lowest BCUT2D eigenvalue weighted by atomic mass is 10.2. The van der Waals surface area contributed by atoms with Crippen LogP contribution in [0.15, 0.2) is 0 Å². The fraction of sp³-hybridized carbons (Fsp3) is 0.800. The molecule has 1 rings (SSSR count). The summed E-state index contributed by atoms with van der Waals surface area (Å²) in [5, 5.41) is 0. The molecule has 2 nitrogen and oxygen atoms in total. The SMILES string of the molecule is CC(=O)C1(N)CC1.Cl. The Morgan fingerprint density at radius 1 is 1.62 bits per heavy atom. The minimum atomic E-state index is -0.389. The largest absolute Gasteiger partial charge is 0.319 e. The van der Waals surface area contributed by atoms with Crippen LogP contribution in [0.25, 0.3) is 0 Å². The molecule has 0 bridgehead atoms. The van der Waals surface area contributed by atoms with Crippen LogP contribution in [0.2, 0.25) is 0 Å². The average Bonchev–Trinajstić information content (AvgIpc) is 2.21. The molecule has 0 aromatic carbocycles. The lowest BCUT2D eigenvalue weighted by Gasteiger charge is -1.97. The Morgan fingerprint density at radius 2 is 2.00 bits per heavy atom. The van der Waals surface area contributed by atoms with Crippen LogP contribution in [0.1, 0.15) is 19.8 Å². The smallest absolute Gasteiger partial charge is 0.149 e. The highest BCUT2D eigenvalue weighted by Crippen LogP contribution is 2.32. The molecule has 1 aliphatic rings. The maximum atomic E-state index is 10.4. The van der Waals surface area contributed by atoms with Crippen molar-refractivity contribution in [2.75, 3.05) is 0 Å². The van der Waals surface area contributed by atoms with Gasteiger partial charge in [-0.15, -0.1) is 12.4 Å². The van der Waals surface area contributed by atoms with Crippen LogP contribution in [0.4, 0.5) is 0 Å². The Bertz CT molecular complexity index is 109. The molecule has 0 aromatic rings. The summed E-state index contributed by atoms with van der Waals surface area (Å²) >= 11 is 0. The summed E-state index contributed by atoms with van der Waals surface area (Å²) in [6.07, 6.45) is 1.78. The van der Waals surface area contributed by atoms with Gasteiger partial charge in [-0.3, -0.25) is 4.79 Å². The third-order valence-electron chi connectivity index (χ3n) is 1.49. The minimum Gasteiger partial charge on any atom is -0.319 e. The zero-order valence-electron chi connectivity index (χ0n) is 4.81. The molecule has 48 valence electrons. The highest BCUT2D eigenvalue weighted by Gasteiger charge is 2.42. The number of nitrogens with two attached hydrogens (primary N) is 1. The molecule has 2 N–H and O–H groups in total. The molecule has 8 heavy (non-hydrogen) atoms. The second kappa shape index (κ2) is 2.03. The van der Waals surface area contributed by atoms with Crippen molar-refractivity contribution in [1.29, 1.82) is 0 Å². The topological polar surface area (TPSA) is 43.1 Å². The molecule has 1 aliphatic carbocycles. The average molecular weight is 136 g/mol. The van der Waals surface area contributed by atoms with Crippen molar-refractivity contribution in [1.82, 2.24) is 0 Å². The van der Waals surface area contributed by atoms with Gasteiger partial charge in [-0.05, 0) is 19.8 Å². The van der Waals surface area contributed by atoms with Crippen molar-refractivity contribution < 1.29 is 4.79 Å². The Hall–Kier alpha value is -0.0800. The van der Waals surface area contributed by atoms with Gasteiger partial charge in [-0.2, -0.15) is 0 Å². The summed E-state index contributed by atoms with van der Waals surface area (Å²) in [5.41, 5.74) is 5.05. The summed E-state index contributed by atoms with van der Waals surface area (Å²) in [6.45, 7) is 1.55. The number of ketones is 1. The van der Waals surface area contributed by atoms with Crippen molar-refractivity contribution in [3.8, 4) is 0 Å². The molecule has 0 amide bonds. The second-order valence-corrected chi connectivity index (χ2v) is 2.21. The summed E-state index contributed by atoms with van der Waals surface area (Å²) in [6, 6.07) is 0. The Kier molecular flexibility index (Phi) is 2.01. The molecule has 0 radical (unpaired) electrons. The lowest BCUT2D eigenvalue weighted by molar-refractivity contribution is -0.119. The summed E-state index contributed by atoms with van der Waals surface area (Å²) in [4.78, 5) is 10.4. The standard InChI is InChI=1S/C5H9NO.ClH/c1-4(7)5(6)2-3-5;/h2-3,6H2,1H3;1H. The van der Waals surface area contributed by atoms with Gasteiger partial charge in [0.15, 0.2) is 0 Å². The number of hydrogen-bond donors (Lipinski definition) is 1. The van der Waals surface area contributed by atoms with Crippen molar-refractivity contribution >= 4 is 18.2 Å². The zero-order valence-corrected chi connectivity index (χ0v) is 5.62. The maximum absolute atomic E-state index is 10.4. The molecule has 0 unspecified atom stereocenters. The lowest BCUT2D eigenvalue weighted by Crippen LogP contribution is -2.30. The molecule has 1 fully saturated rings. The molecule has 0 aromatic heterocycles. The molecule has 1 saturated carbocycles. The van der Waals surface area contributed by atoms with E-state index in [0.29, 0.717) is 0 Å². The van der Waals surface area contributed by atoms with Gasteiger partial charge in [0.2, 0.25) is 0 Å². The zero-order chi connectivity index (χ0) is 5.49. The first-order valence-corrected chi connectivity index (χ1v) is 2.45. The second-order valence-electron chi connectivity index (χ2n) is 2.21. The number of carbonyl (C=O) groups excluding carboxylic acids is 1. The number of halogens is 1. The van der Waals surface area contributed by atoms with E-state index < -0.39 is 0 Å². The van der Waals surface area contributed by atoms with E-state index in [4.69, 9.17) is 5.73 Å². The predicted octanol–water partition coefficient (Wildman–Crippen LogP) is 0.488. The monoisotopic (exact) mass is 135 g/mol. The van der Waals surface area contributed by atoms with Crippen LogP contribution < -0.4 is 5.73 Å². The van der Waals surface area contributed by atoms with Crippen molar-refractivity contribution in [2.45, 2.75) is 25.3 Å². The number of carbonyl (C=O) groups is 1. The van der Waals surface area contributed by atoms with Crippen LogP contribution in [-0.2, 0) is 4.79 Å². The predicted molar refractivity (Wildman–Crippen MR) is 34.1 cm³/mol. The van der Waals surface area contributed by atoms with E-state index in [9.17, 15) is 4.79 Å². The van der Waals surface area contributed by atoms with E-state index in [-0.39, 0.29) is 23.7 Å². The van der Waals surface area contributed by atoms with E-state index in [1.165, 1.54) is 0 Å². The molecule has 3 heteroatoms. The van der Waals surface area contributed by atoms with Crippen molar-refractivity contribution in [3.05, 3.63) is 0 Å². The first-order chi connectivity index (χ1) is 3.15. The molecule has 0 saturated heterocycles. The summed E-state index contributed by atoms with van der Waals surface area (Å²) in [7, 11) is 0. The van der Waals surface area contributed by atoms with Gasteiger partial charge in [-0.25, -0.2) is 0 Å². The van der Waals surface area contributed by atoms with Crippen LogP contribution in [0.3, 0.4) is 0 Å². The van der Waals surface area contributed by atoms with Crippen LogP contribution in [0, 0.1) is 0 Å². The molecule has 0 aliphatic heterocycles. The summed E-state index contributed by atoms with van der Waals surface area (Å²) < 4.78 is 0. The van der Waals surface area contributed by atoms with Gasteiger partial charge in [-0.1, -0.05) is 0 Å². The van der Waals surface area contributed by atoms with E-state index in [0.717, 1.165) is 12.8 Å². The highest BCUT2D eigenvalue weighted by molar-refractivity contribution is 5.88. The van der Waals surface area contributed by atoms with Gasteiger partial charge in [0, 0.05) is 0 Å². The first kappa shape index (κ1) is 7.92. The third kappa shape index (κ3) is 1.20. The van der Waals surface area contributed by atoms with E-state index in [2.05, 4.69) is 0 Å². The molecule has 0 heterocycles. The summed E-state index contributed by atoms with van der Waals surface area (Å²) in [5.74, 6) is 0.132. The highest BCUT2D eigenvalue weighted by atomic mass is 35.5. The van der Waals surface area contributed by atoms with E-state index >= 15 is 0 Å². The quantitative estimate of drug-likeness (QED) is 0.569. The van der Waals surface area contributed by atoms with Crippen LogP contribution >= 0.6 is 12.4 Å². The van der Waals surface area contributed by atoms with Gasteiger partial charge < -0.3 is 5.73 Å². The van der Waals surface area contributed by atoms with Gasteiger partial charge in [0.25, 0.3) is 0 Å². The Balaban J connectivity index is 0.000000490. The minimum absolute atomic E-state index is 0. The number of hydrogen-bond acceptors (Lipinski definition) is 2. The van der Waals surface area contributed by atoms with Crippen molar-refractivity contribution in [2.24, 2.45) is 5.73 Å². The first-order valence-electron chi connectivity index (χ1n) is 2.45. The molecule has 0 atom stereocenters. The van der Waals surface area contributed by atoms with Gasteiger partial charge in [0.1, 0.15) is 5.78 Å². The fourth-order valence-corrected chi connectivity index (χ4v) is 0.487. The Labute approximate surface area is 54.8 Å². The van der Waals surface area contributed by atoms with E-state index in [1.807, 2.05) is 0 Å².